The van der Waals surface area contributed by atoms with Gasteiger partial charge in [-0.2, -0.15) is 0 Å². The highest BCUT2D eigenvalue weighted by atomic mass is 79.9. The molecule has 0 spiro atoms. The summed E-state index contributed by atoms with van der Waals surface area (Å²) in [5.41, 5.74) is 4.39. The Morgan fingerprint density at radius 1 is 1.12 bits per heavy atom. The van der Waals surface area contributed by atoms with Gasteiger partial charge in [0.15, 0.2) is 12.4 Å². The van der Waals surface area contributed by atoms with Crippen LogP contribution in [0.2, 0.25) is 0 Å². The first-order valence-corrected chi connectivity index (χ1v) is 9.37. The van der Waals surface area contributed by atoms with E-state index in [0.717, 1.165) is 33.3 Å². The first-order chi connectivity index (χ1) is 12.2. The Hall–Kier alpha value is -2.14. The van der Waals surface area contributed by atoms with Gasteiger partial charge in [-0.25, -0.2) is 0 Å². The number of hydrogen-bond acceptors (Lipinski definition) is 3. The topological polar surface area (TPSA) is 53.4 Å². The Morgan fingerprint density at radius 3 is 2.35 bits per heavy atom. The highest BCUT2D eigenvalue weighted by Crippen LogP contribution is 2.26. The van der Waals surface area contributed by atoms with E-state index in [1.54, 1.807) is 0 Å². The van der Waals surface area contributed by atoms with Crippen LogP contribution in [-0.2, 0) is 0 Å². The second-order valence-electron chi connectivity index (χ2n) is 6.49. The first kappa shape index (κ1) is 20.2. The number of halogens is 1. The van der Waals surface area contributed by atoms with Crippen molar-refractivity contribution in [2.75, 3.05) is 20.2 Å². The van der Waals surface area contributed by atoms with Gasteiger partial charge >= 0.3 is 0 Å². The van der Waals surface area contributed by atoms with Gasteiger partial charge in [0.2, 0.25) is 0 Å². The van der Waals surface area contributed by atoms with Crippen LogP contribution in [0.4, 0.5) is 0 Å². The van der Waals surface area contributed by atoms with Crippen molar-refractivity contribution in [3.05, 3.63) is 62.6 Å². The summed E-state index contributed by atoms with van der Waals surface area (Å²) in [6.45, 7) is 8.58. The molecule has 2 aromatic rings. The molecule has 1 N–H and O–H groups in total. The number of amidine groups is 1. The standard InChI is InChI=1S/C21H25BrN2O2/c1-6-24(5)21(23)17-11-14(3)16(10-15(17)4)19(25)12-26-20-8-7-13(2)9-18(20)22/h7-11,23H,6,12H2,1-5H3. The zero-order valence-corrected chi connectivity index (χ0v) is 17.5. The number of carbonyl (C=O) groups is 1. The van der Waals surface area contributed by atoms with E-state index in [1.165, 1.54) is 0 Å². The van der Waals surface area contributed by atoms with Gasteiger partial charge in [-0.3, -0.25) is 10.2 Å². The minimum Gasteiger partial charge on any atom is -0.484 e. The quantitative estimate of drug-likeness (QED) is 0.413. The van der Waals surface area contributed by atoms with Gasteiger partial charge in [-0.05, 0) is 84.6 Å². The van der Waals surface area contributed by atoms with E-state index in [1.807, 2.05) is 70.0 Å². The van der Waals surface area contributed by atoms with Crippen molar-refractivity contribution in [1.82, 2.24) is 4.90 Å². The number of hydrogen-bond donors (Lipinski definition) is 1. The first-order valence-electron chi connectivity index (χ1n) is 8.58. The van der Waals surface area contributed by atoms with Crippen molar-refractivity contribution in [3.8, 4) is 5.75 Å². The third-order valence-electron chi connectivity index (χ3n) is 4.43. The SMILES string of the molecule is CCN(C)C(=N)c1cc(C)c(C(=O)COc2ccc(C)cc2Br)cc1C. The molecule has 26 heavy (non-hydrogen) atoms. The maximum absolute atomic E-state index is 12.6. The predicted molar refractivity (Wildman–Crippen MR) is 110 cm³/mol. The number of ketones is 1. The van der Waals surface area contributed by atoms with Crippen molar-refractivity contribution >= 4 is 27.5 Å². The van der Waals surface area contributed by atoms with Crippen molar-refractivity contribution in [2.45, 2.75) is 27.7 Å². The van der Waals surface area contributed by atoms with Crippen molar-refractivity contribution in [1.29, 1.82) is 5.41 Å². The zero-order chi connectivity index (χ0) is 19.4. The lowest BCUT2D eigenvalue weighted by molar-refractivity contribution is 0.0920. The molecular weight excluding hydrogens is 392 g/mol. The van der Waals surface area contributed by atoms with Crippen LogP contribution in [0.15, 0.2) is 34.8 Å². The molecule has 2 aromatic carbocycles. The van der Waals surface area contributed by atoms with E-state index in [-0.39, 0.29) is 12.4 Å². The summed E-state index contributed by atoms with van der Waals surface area (Å²) in [5.74, 6) is 1.05. The Balaban J connectivity index is 2.19. The largest absolute Gasteiger partial charge is 0.484 e. The maximum atomic E-state index is 12.6. The molecule has 138 valence electrons. The molecule has 4 nitrogen and oxygen atoms in total. The molecule has 0 saturated heterocycles. The average Bonchev–Trinajstić information content (AvgIpc) is 2.61. The predicted octanol–water partition coefficient (Wildman–Crippen LogP) is 4.91. The second kappa shape index (κ2) is 8.49. The number of rotatable bonds is 6. The minimum atomic E-state index is -0.0694. The van der Waals surface area contributed by atoms with E-state index in [9.17, 15) is 4.79 Å². The summed E-state index contributed by atoms with van der Waals surface area (Å²) in [6.07, 6.45) is 0. The number of ether oxygens (including phenoxy) is 1. The number of Topliss-reactive ketones (excluding diaryl/α,β-unsaturated/α-hetero) is 1. The molecule has 0 fully saturated rings. The summed E-state index contributed by atoms with van der Waals surface area (Å²) < 4.78 is 6.53. The molecule has 0 radical (unpaired) electrons. The van der Waals surface area contributed by atoms with E-state index >= 15 is 0 Å². The molecule has 0 aliphatic heterocycles. The molecule has 0 saturated carbocycles. The van der Waals surface area contributed by atoms with Gasteiger partial charge in [-0.1, -0.05) is 6.07 Å². The molecule has 2 rings (SSSR count). The number of nitrogens with zero attached hydrogens (tertiary/aromatic N) is 1. The molecule has 0 amide bonds. The summed E-state index contributed by atoms with van der Waals surface area (Å²) in [4.78, 5) is 14.5. The number of carbonyl (C=O) groups excluding carboxylic acids is 1. The van der Waals surface area contributed by atoms with Crippen LogP contribution in [-0.4, -0.2) is 36.7 Å². The van der Waals surface area contributed by atoms with Crippen LogP contribution in [0.1, 0.15) is 39.5 Å². The van der Waals surface area contributed by atoms with Gasteiger partial charge in [0.25, 0.3) is 0 Å². The van der Waals surface area contributed by atoms with E-state index in [4.69, 9.17) is 10.1 Å². The monoisotopic (exact) mass is 416 g/mol. The molecule has 5 heteroatoms. The Kier molecular flexibility index (Phi) is 6.59. The van der Waals surface area contributed by atoms with Crippen LogP contribution in [0.25, 0.3) is 0 Å². The molecule has 0 aliphatic carbocycles. The van der Waals surface area contributed by atoms with Crippen molar-refractivity contribution < 1.29 is 9.53 Å². The zero-order valence-electron chi connectivity index (χ0n) is 15.9. The molecule has 0 aliphatic rings. The fourth-order valence-corrected chi connectivity index (χ4v) is 3.29. The van der Waals surface area contributed by atoms with Crippen LogP contribution in [0.3, 0.4) is 0 Å². The summed E-state index contributed by atoms with van der Waals surface area (Å²) in [7, 11) is 1.89. The van der Waals surface area contributed by atoms with Gasteiger partial charge in [0.05, 0.1) is 4.47 Å². The number of benzene rings is 2. The van der Waals surface area contributed by atoms with Gasteiger partial charge in [0.1, 0.15) is 11.6 Å². The third kappa shape index (κ3) is 4.52. The molecule has 0 aromatic heterocycles. The van der Waals surface area contributed by atoms with Gasteiger partial charge in [-0.15, -0.1) is 0 Å². The lowest BCUT2D eigenvalue weighted by Crippen LogP contribution is -2.27. The molecule has 0 unspecified atom stereocenters. The van der Waals surface area contributed by atoms with E-state index < -0.39 is 0 Å². The second-order valence-corrected chi connectivity index (χ2v) is 7.34. The summed E-state index contributed by atoms with van der Waals surface area (Å²) in [6, 6.07) is 9.54. The smallest absolute Gasteiger partial charge is 0.200 e. The maximum Gasteiger partial charge on any atom is 0.200 e. The summed E-state index contributed by atoms with van der Waals surface area (Å²) in [5, 5.41) is 8.30. The highest BCUT2D eigenvalue weighted by Gasteiger charge is 2.16. The molecule has 0 heterocycles. The Bertz CT molecular complexity index is 846. The van der Waals surface area contributed by atoms with Crippen molar-refractivity contribution in [2.24, 2.45) is 0 Å². The highest BCUT2D eigenvalue weighted by molar-refractivity contribution is 9.10. The molecular formula is C21H25BrN2O2. The van der Waals surface area contributed by atoms with Crippen LogP contribution in [0.5, 0.6) is 5.75 Å². The third-order valence-corrected chi connectivity index (χ3v) is 5.05. The minimum absolute atomic E-state index is 0.0202. The van der Waals surface area contributed by atoms with E-state index in [0.29, 0.717) is 17.1 Å². The molecule has 0 bridgehead atoms. The van der Waals surface area contributed by atoms with Crippen molar-refractivity contribution in [3.63, 3.8) is 0 Å². The van der Waals surface area contributed by atoms with E-state index in [2.05, 4.69) is 15.9 Å². The van der Waals surface area contributed by atoms with Gasteiger partial charge in [0, 0.05) is 24.7 Å². The summed E-state index contributed by atoms with van der Waals surface area (Å²) >= 11 is 3.46. The lowest BCUT2D eigenvalue weighted by Gasteiger charge is -2.20. The van der Waals surface area contributed by atoms with Crippen LogP contribution in [0, 0.1) is 26.2 Å². The fourth-order valence-electron chi connectivity index (χ4n) is 2.68. The number of aryl methyl sites for hydroxylation is 3. The normalized spacial score (nSPS) is 10.5. The number of nitrogens with one attached hydrogen (secondary N) is 1. The molecule has 0 atom stereocenters. The average molecular weight is 417 g/mol. The van der Waals surface area contributed by atoms with Crippen LogP contribution < -0.4 is 4.74 Å². The Morgan fingerprint density at radius 2 is 1.73 bits per heavy atom. The fraction of sp³-hybridized carbons (Fsp3) is 0.333. The van der Waals surface area contributed by atoms with Crippen LogP contribution >= 0.6 is 15.9 Å². The lowest BCUT2D eigenvalue weighted by atomic mass is 9.96. The Labute approximate surface area is 163 Å². The van der Waals surface area contributed by atoms with Gasteiger partial charge < -0.3 is 9.64 Å².